The SMILES string of the molecule is CCN(CC)C(N)=NCc1ccc(C)cc1C. The first-order valence-corrected chi connectivity index (χ1v) is 6.19. The van der Waals surface area contributed by atoms with Crippen LogP contribution in [0.3, 0.4) is 0 Å². The average molecular weight is 233 g/mol. The van der Waals surface area contributed by atoms with Crippen LogP contribution >= 0.6 is 0 Å². The first-order valence-electron chi connectivity index (χ1n) is 6.19. The summed E-state index contributed by atoms with van der Waals surface area (Å²) in [5.74, 6) is 0.634. The Balaban J connectivity index is 2.75. The third kappa shape index (κ3) is 3.77. The van der Waals surface area contributed by atoms with E-state index >= 15 is 0 Å². The molecule has 2 N–H and O–H groups in total. The lowest BCUT2D eigenvalue weighted by Crippen LogP contribution is -2.37. The number of nitrogens with zero attached hydrogens (tertiary/aromatic N) is 2. The predicted octanol–water partition coefficient (Wildman–Crippen LogP) is 2.46. The Labute approximate surface area is 104 Å². The molecule has 0 saturated heterocycles. The molecule has 0 amide bonds. The van der Waals surface area contributed by atoms with Gasteiger partial charge in [0, 0.05) is 13.1 Å². The molecule has 0 aliphatic rings. The van der Waals surface area contributed by atoms with Gasteiger partial charge in [-0.1, -0.05) is 23.8 Å². The summed E-state index contributed by atoms with van der Waals surface area (Å²) in [6.45, 7) is 10.9. The maximum atomic E-state index is 5.94. The second-order valence-electron chi connectivity index (χ2n) is 4.28. The van der Waals surface area contributed by atoms with Gasteiger partial charge in [0.05, 0.1) is 6.54 Å². The van der Waals surface area contributed by atoms with Gasteiger partial charge in [-0.05, 0) is 38.8 Å². The van der Waals surface area contributed by atoms with Gasteiger partial charge in [-0.25, -0.2) is 4.99 Å². The highest BCUT2D eigenvalue weighted by Crippen LogP contribution is 2.11. The number of nitrogens with two attached hydrogens (primary N) is 1. The van der Waals surface area contributed by atoms with Crippen LogP contribution in [0.4, 0.5) is 0 Å². The van der Waals surface area contributed by atoms with Gasteiger partial charge in [0.25, 0.3) is 0 Å². The number of hydrogen-bond acceptors (Lipinski definition) is 1. The quantitative estimate of drug-likeness (QED) is 0.641. The molecule has 0 heterocycles. The van der Waals surface area contributed by atoms with Crippen LogP contribution in [-0.4, -0.2) is 23.9 Å². The fourth-order valence-corrected chi connectivity index (χ4v) is 1.84. The predicted molar refractivity (Wildman–Crippen MR) is 74.2 cm³/mol. The number of benzene rings is 1. The number of aliphatic imine (C=N–C) groups is 1. The Hall–Kier alpha value is -1.51. The maximum absolute atomic E-state index is 5.94. The molecular formula is C14H23N3. The average Bonchev–Trinajstić information content (AvgIpc) is 2.29. The van der Waals surface area contributed by atoms with Crippen molar-refractivity contribution >= 4 is 5.96 Å². The van der Waals surface area contributed by atoms with E-state index < -0.39 is 0 Å². The number of guanidine groups is 1. The van der Waals surface area contributed by atoms with Crippen LogP contribution in [-0.2, 0) is 6.54 Å². The van der Waals surface area contributed by atoms with Gasteiger partial charge >= 0.3 is 0 Å². The van der Waals surface area contributed by atoms with Crippen molar-refractivity contribution in [2.24, 2.45) is 10.7 Å². The summed E-state index contributed by atoms with van der Waals surface area (Å²) < 4.78 is 0. The highest BCUT2D eigenvalue weighted by Gasteiger charge is 2.02. The summed E-state index contributed by atoms with van der Waals surface area (Å²) >= 11 is 0. The van der Waals surface area contributed by atoms with E-state index in [0.29, 0.717) is 12.5 Å². The molecular weight excluding hydrogens is 210 g/mol. The minimum Gasteiger partial charge on any atom is -0.370 e. The Morgan fingerprint density at radius 3 is 2.41 bits per heavy atom. The topological polar surface area (TPSA) is 41.6 Å². The van der Waals surface area contributed by atoms with Crippen molar-refractivity contribution in [2.45, 2.75) is 34.2 Å². The standard InChI is InChI=1S/C14H23N3/c1-5-17(6-2)14(15)16-10-13-8-7-11(3)9-12(13)4/h7-9H,5-6,10H2,1-4H3,(H2,15,16). The van der Waals surface area contributed by atoms with Crippen molar-refractivity contribution in [1.82, 2.24) is 4.90 Å². The second kappa shape index (κ2) is 6.28. The Morgan fingerprint density at radius 1 is 1.24 bits per heavy atom. The van der Waals surface area contributed by atoms with Crippen molar-refractivity contribution in [2.75, 3.05) is 13.1 Å². The van der Waals surface area contributed by atoms with Crippen molar-refractivity contribution in [3.05, 3.63) is 34.9 Å². The minimum atomic E-state index is 0.634. The van der Waals surface area contributed by atoms with E-state index in [-0.39, 0.29) is 0 Å². The molecule has 17 heavy (non-hydrogen) atoms. The molecule has 1 aromatic carbocycles. The third-order valence-electron chi connectivity index (χ3n) is 3.00. The van der Waals surface area contributed by atoms with Gasteiger partial charge < -0.3 is 10.6 Å². The largest absolute Gasteiger partial charge is 0.370 e. The van der Waals surface area contributed by atoms with Crippen LogP contribution in [0.5, 0.6) is 0 Å². The van der Waals surface area contributed by atoms with Gasteiger partial charge in [-0.15, -0.1) is 0 Å². The fraction of sp³-hybridized carbons (Fsp3) is 0.500. The molecule has 3 nitrogen and oxygen atoms in total. The molecule has 1 rings (SSSR count). The summed E-state index contributed by atoms with van der Waals surface area (Å²) in [6.07, 6.45) is 0. The fourth-order valence-electron chi connectivity index (χ4n) is 1.84. The summed E-state index contributed by atoms with van der Waals surface area (Å²) in [5.41, 5.74) is 9.75. The van der Waals surface area contributed by atoms with Crippen LogP contribution in [0, 0.1) is 13.8 Å². The van der Waals surface area contributed by atoms with Gasteiger partial charge in [-0.2, -0.15) is 0 Å². The number of hydrogen-bond donors (Lipinski definition) is 1. The molecule has 0 bridgehead atoms. The van der Waals surface area contributed by atoms with Gasteiger partial charge in [-0.3, -0.25) is 0 Å². The first-order chi connectivity index (χ1) is 8.08. The zero-order chi connectivity index (χ0) is 12.8. The monoisotopic (exact) mass is 233 g/mol. The van der Waals surface area contributed by atoms with Crippen molar-refractivity contribution < 1.29 is 0 Å². The summed E-state index contributed by atoms with van der Waals surface area (Å²) in [6, 6.07) is 6.42. The molecule has 0 aliphatic heterocycles. The van der Waals surface area contributed by atoms with Gasteiger partial charge in [0.2, 0.25) is 0 Å². The third-order valence-corrected chi connectivity index (χ3v) is 3.00. The van der Waals surface area contributed by atoms with Crippen molar-refractivity contribution in [3.63, 3.8) is 0 Å². The highest BCUT2D eigenvalue weighted by molar-refractivity contribution is 5.78. The minimum absolute atomic E-state index is 0.634. The lowest BCUT2D eigenvalue weighted by molar-refractivity contribution is 0.458. The van der Waals surface area contributed by atoms with Crippen LogP contribution in [0.15, 0.2) is 23.2 Å². The molecule has 0 aromatic heterocycles. The molecule has 0 fully saturated rings. The Morgan fingerprint density at radius 2 is 1.88 bits per heavy atom. The first kappa shape index (κ1) is 13.6. The molecule has 94 valence electrons. The highest BCUT2D eigenvalue weighted by atomic mass is 15.2. The zero-order valence-corrected chi connectivity index (χ0v) is 11.3. The molecule has 0 radical (unpaired) electrons. The second-order valence-corrected chi connectivity index (χ2v) is 4.28. The summed E-state index contributed by atoms with van der Waals surface area (Å²) in [4.78, 5) is 6.51. The molecule has 1 aromatic rings. The van der Waals surface area contributed by atoms with E-state index in [1.165, 1.54) is 16.7 Å². The van der Waals surface area contributed by atoms with Crippen LogP contribution in [0.25, 0.3) is 0 Å². The molecule has 0 spiro atoms. The zero-order valence-electron chi connectivity index (χ0n) is 11.3. The molecule has 3 heteroatoms. The van der Waals surface area contributed by atoms with Crippen molar-refractivity contribution in [3.8, 4) is 0 Å². The van der Waals surface area contributed by atoms with E-state index in [0.717, 1.165) is 13.1 Å². The lowest BCUT2D eigenvalue weighted by atomic mass is 10.1. The van der Waals surface area contributed by atoms with Crippen LogP contribution in [0.1, 0.15) is 30.5 Å². The number of aryl methyl sites for hydroxylation is 2. The molecule has 0 aliphatic carbocycles. The van der Waals surface area contributed by atoms with E-state index in [1.54, 1.807) is 0 Å². The van der Waals surface area contributed by atoms with E-state index in [2.05, 4.69) is 55.8 Å². The van der Waals surface area contributed by atoms with E-state index in [1.807, 2.05) is 0 Å². The van der Waals surface area contributed by atoms with E-state index in [4.69, 9.17) is 5.73 Å². The summed E-state index contributed by atoms with van der Waals surface area (Å²) in [7, 11) is 0. The molecule has 0 saturated carbocycles. The smallest absolute Gasteiger partial charge is 0.191 e. The van der Waals surface area contributed by atoms with Gasteiger partial charge in [0.1, 0.15) is 0 Å². The maximum Gasteiger partial charge on any atom is 0.191 e. The molecule has 0 unspecified atom stereocenters. The molecule has 0 atom stereocenters. The van der Waals surface area contributed by atoms with Crippen LogP contribution < -0.4 is 5.73 Å². The normalized spacial score (nSPS) is 11.6. The number of rotatable bonds is 4. The van der Waals surface area contributed by atoms with Crippen LogP contribution in [0.2, 0.25) is 0 Å². The summed E-state index contributed by atoms with van der Waals surface area (Å²) in [5, 5.41) is 0. The lowest BCUT2D eigenvalue weighted by Gasteiger charge is -2.19. The van der Waals surface area contributed by atoms with E-state index in [9.17, 15) is 0 Å². The Kier molecular flexibility index (Phi) is 5.01. The van der Waals surface area contributed by atoms with Crippen molar-refractivity contribution in [1.29, 1.82) is 0 Å². The Bertz CT molecular complexity index is 392. The van der Waals surface area contributed by atoms with Gasteiger partial charge in [0.15, 0.2) is 5.96 Å².